The van der Waals surface area contributed by atoms with E-state index >= 15 is 0 Å². The van der Waals surface area contributed by atoms with Gasteiger partial charge in [0.2, 0.25) is 10.0 Å². The molecule has 0 spiro atoms. The van der Waals surface area contributed by atoms with Crippen molar-refractivity contribution in [2.24, 2.45) is 13.0 Å². The van der Waals surface area contributed by atoms with Crippen molar-refractivity contribution in [1.82, 2.24) is 14.6 Å². The zero-order chi connectivity index (χ0) is 14.3. The number of aromatic nitrogens is 1. The van der Waals surface area contributed by atoms with Gasteiger partial charge in [-0.05, 0) is 45.7 Å². The monoisotopic (exact) mass is 285 g/mol. The standard InChI is InChI=1S/C13H23N3O2S/c1-13(2,10-5-6-10)15-19(17,18)12-7-11(8-14-3)16(4)9-12/h7,9-10,14-15H,5-6,8H2,1-4H3. The van der Waals surface area contributed by atoms with Gasteiger partial charge in [-0.15, -0.1) is 0 Å². The maximum absolute atomic E-state index is 12.4. The Morgan fingerprint density at radius 2 is 2.05 bits per heavy atom. The van der Waals surface area contributed by atoms with Crippen LogP contribution >= 0.6 is 0 Å². The van der Waals surface area contributed by atoms with Crippen LogP contribution in [0.1, 0.15) is 32.4 Å². The van der Waals surface area contributed by atoms with Gasteiger partial charge in [0, 0.05) is 31.0 Å². The van der Waals surface area contributed by atoms with Crippen LogP contribution in [0.25, 0.3) is 0 Å². The van der Waals surface area contributed by atoms with E-state index in [-0.39, 0.29) is 5.54 Å². The SMILES string of the molecule is CNCc1cc(S(=O)(=O)NC(C)(C)C2CC2)cn1C. The second-order valence-corrected chi connectivity index (χ2v) is 7.59. The molecule has 0 atom stereocenters. The highest BCUT2D eigenvalue weighted by atomic mass is 32.2. The molecule has 6 heteroatoms. The Labute approximate surface area is 115 Å². The van der Waals surface area contributed by atoms with E-state index in [1.807, 2.05) is 32.5 Å². The van der Waals surface area contributed by atoms with Gasteiger partial charge in [-0.2, -0.15) is 0 Å². The Bertz CT molecular complexity index is 556. The van der Waals surface area contributed by atoms with Gasteiger partial charge in [0.05, 0.1) is 4.90 Å². The second kappa shape index (κ2) is 4.92. The molecule has 1 aliphatic rings. The molecule has 19 heavy (non-hydrogen) atoms. The lowest BCUT2D eigenvalue weighted by Crippen LogP contribution is -2.44. The molecule has 0 amide bonds. The number of hydrogen-bond acceptors (Lipinski definition) is 3. The van der Waals surface area contributed by atoms with Crippen molar-refractivity contribution in [3.8, 4) is 0 Å². The van der Waals surface area contributed by atoms with Crippen molar-refractivity contribution >= 4 is 10.0 Å². The van der Waals surface area contributed by atoms with E-state index in [0.717, 1.165) is 18.5 Å². The summed E-state index contributed by atoms with van der Waals surface area (Å²) in [7, 11) is 0.260. The van der Waals surface area contributed by atoms with Crippen LogP contribution in [0.3, 0.4) is 0 Å². The molecule has 1 fully saturated rings. The highest BCUT2D eigenvalue weighted by Gasteiger charge is 2.40. The van der Waals surface area contributed by atoms with Crippen LogP contribution < -0.4 is 10.0 Å². The molecule has 1 aromatic heterocycles. The Morgan fingerprint density at radius 1 is 1.42 bits per heavy atom. The molecule has 2 rings (SSSR count). The molecule has 5 nitrogen and oxygen atoms in total. The average molecular weight is 285 g/mol. The summed E-state index contributed by atoms with van der Waals surface area (Å²) in [5.74, 6) is 0.461. The fraction of sp³-hybridized carbons (Fsp3) is 0.692. The van der Waals surface area contributed by atoms with Gasteiger partial charge in [-0.25, -0.2) is 13.1 Å². The van der Waals surface area contributed by atoms with E-state index in [2.05, 4.69) is 10.0 Å². The van der Waals surface area contributed by atoms with Gasteiger partial charge >= 0.3 is 0 Å². The summed E-state index contributed by atoms with van der Waals surface area (Å²) in [6, 6.07) is 1.72. The first-order valence-electron chi connectivity index (χ1n) is 6.60. The normalized spacial score (nSPS) is 16.8. The van der Waals surface area contributed by atoms with Crippen molar-refractivity contribution in [2.75, 3.05) is 7.05 Å². The fourth-order valence-electron chi connectivity index (χ4n) is 2.37. The largest absolute Gasteiger partial charge is 0.352 e. The van der Waals surface area contributed by atoms with Crippen LogP contribution in [-0.2, 0) is 23.6 Å². The Balaban J connectivity index is 2.21. The smallest absolute Gasteiger partial charge is 0.242 e. The molecule has 1 aromatic rings. The van der Waals surface area contributed by atoms with Crippen molar-refractivity contribution in [1.29, 1.82) is 0 Å². The average Bonchev–Trinajstić information content (AvgIpc) is 3.05. The predicted octanol–water partition coefficient (Wildman–Crippen LogP) is 1.21. The minimum Gasteiger partial charge on any atom is -0.352 e. The van der Waals surface area contributed by atoms with E-state index in [1.165, 1.54) is 0 Å². The van der Waals surface area contributed by atoms with Gasteiger partial charge < -0.3 is 9.88 Å². The molecular weight excluding hydrogens is 262 g/mol. The minimum atomic E-state index is -3.44. The molecule has 1 heterocycles. The second-order valence-electron chi connectivity index (χ2n) is 5.91. The van der Waals surface area contributed by atoms with Crippen LogP contribution in [-0.4, -0.2) is 25.6 Å². The molecule has 0 saturated heterocycles. The first-order chi connectivity index (χ1) is 8.76. The number of sulfonamides is 1. The van der Waals surface area contributed by atoms with Crippen molar-refractivity contribution < 1.29 is 8.42 Å². The summed E-state index contributed by atoms with van der Waals surface area (Å²) in [5.41, 5.74) is 0.588. The lowest BCUT2D eigenvalue weighted by atomic mass is 10.0. The van der Waals surface area contributed by atoms with E-state index in [9.17, 15) is 8.42 Å². The van der Waals surface area contributed by atoms with Crippen LogP contribution in [0.5, 0.6) is 0 Å². The highest BCUT2D eigenvalue weighted by molar-refractivity contribution is 7.89. The van der Waals surface area contributed by atoms with Crippen molar-refractivity contribution in [3.63, 3.8) is 0 Å². The van der Waals surface area contributed by atoms with Crippen LogP contribution in [0.4, 0.5) is 0 Å². The van der Waals surface area contributed by atoms with Gasteiger partial charge in [-0.3, -0.25) is 0 Å². The van der Waals surface area contributed by atoms with Gasteiger partial charge in [0.15, 0.2) is 0 Å². The quantitative estimate of drug-likeness (QED) is 0.826. The molecule has 2 N–H and O–H groups in total. The topological polar surface area (TPSA) is 63.1 Å². The third-order valence-electron chi connectivity index (χ3n) is 3.75. The van der Waals surface area contributed by atoms with Gasteiger partial charge in [-0.1, -0.05) is 0 Å². The molecule has 1 saturated carbocycles. The van der Waals surface area contributed by atoms with E-state index in [0.29, 0.717) is 17.4 Å². The summed E-state index contributed by atoms with van der Waals surface area (Å²) in [6.45, 7) is 4.57. The van der Waals surface area contributed by atoms with E-state index in [4.69, 9.17) is 0 Å². The molecule has 108 valence electrons. The summed E-state index contributed by atoms with van der Waals surface area (Å²) in [6.07, 6.45) is 3.88. The lowest BCUT2D eigenvalue weighted by molar-refractivity contribution is 0.400. The number of hydrogen-bond donors (Lipinski definition) is 2. The summed E-state index contributed by atoms with van der Waals surface area (Å²) >= 11 is 0. The van der Waals surface area contributed by atoms with E-state index < -0.39 is 10.0 Å². The van der Waals surface area contributed by atoms with Gasteiger partial charge in [0.25, 0.3) is 0 Å². The molecule has 0 aliphatic heterocycles. The Morgan fingerprint density at radius 3 is 2.58 bits per heavy atom. The number of aryl methyl sites for hydroxylation is 1. The Kier molecular flexibility index (Phi) is 3.77. The molecule has 0 aromatic carbocycles. The van der Waals surface area contributed by atoms with Gasteiger partial charge in [0.1, 0.15) is 0 Å². The molecule has 0 unspecified atom stereocenters. The van der Waals surface area contributed by atoms with Crippen LogP contribution in [0, 0.1) is 5.92 Å². The number of nitrogens with zero attached hydrogens (tertiary/aromatic N) is 1. The maximum Gasteiger partial charge on any atom is 0.242 e. The summed E-state index contributed by atoms with van der Waals surface area (Å²) in [4.78, 5) is 0.342. The molecular formula is C13H23N3O2S. The summed E-state index contributed by atoms with van der Waals surface area (Å²) < 4.78 is 29.5. The lowest BCUT2D eigenvalue weighted by Gasteiger charge is -2.25. The predicted molar refractivity (Wildman–Crippen MR) is 75.3 cm³/mol. The first kappa shape index (κ1) is 14.6. The van der Waals surface area contributed by atoms with E-state index in [1.54, 1.807) is 12.3 Å². The number of nitrogens with one attached hydrogen (secondary N) is 2. The minimum absolute atomic E-state index is 0.342. The first-order valence-corrected chi connectivity index (χ1v) is 8.08. The van der Waals surface area contributed by atoms with Crippen molar-refractivity contribution in [2.45, 2.75) is 43.7 Å². The molecule has 0 bridgehead atoms. The van der Waals surface area contributed by atoms with Crippen LogP contribution in [0.15, 0.2) is 17.2 Å². The Hall–Kier alpha value is -0.850. The fourth-order valence-corrected chi connectivity index (χ4v) is 3.94. The molecule has 0 radical (unpaired) electrons. The van der Waals surface area contributed by atoms with Crippen LogP contribution in [0.2, 0.25) is 0 Å². The third-order valence-corrected chi connectivity index (χ3v) is 5.39. The highest BCUT2D eigenvalue weighted by Crippen LogP contribution is 2.39. The molecule has 1 aliphatic carbocycles. The maximum atomic E-state index is 12.4. The summed E-state index contributed by atoms with van der Waals surface area (Å²) in [5, 5.41) is 3.03. The zero-order valence-electron chi connectivity index (χ0n) is 12.0. The zero-order valence-corrected chi connectivity index (χ0v) is 12.8. The van der Waals surface area contributed by atoms with Crippen molar-refractivity contribution in [3.05, 3.63) is 18.0 Å². The number of rotatable bonds is 6. The third kappa shape index (κ3) is 3.19.